The minimum atomic E-state index is -4.89. The van der Waals surface area contributed by atoms with Crippen molar-refractivity contribution in [2.24, 2.45) is 0 Å². The highest BCUT2D eigenvalue weighted by atomic mass is 32.2. The summed E-state index contributed by atoms with van der Waals surface area (Å²) in [5, 5.41) is 21.0. The van der Waals surface area contributed by atoms with Crippen LogP contribution >= 0.6 is 0 Å². The third-order valence-corrected chi connectivity index (χ3v) is 6.79. The Balaban J connectivity index is 2.52. The number of amides is 1. The molecule has 166 valence electrons. The second-order valence-electron chi connectivity index (χ2n) is 7.05. The van der Waals surface area contributed by atoms with E-state index in [9.17, 15) is 35.9 Å². The van der Waals surface area contributed by atoms with E-state index in [1.165, 1.54) is 19.9 Å². The lowest BCUT2D eigenvalue weighted by Crippen LogP contribution is -2.47. The first-order valence-corrected chi connectivity index (χ1v) is 10.5. The van der Waals surface area contributed by atoms with Crippen molar-refractivity contribution in [2.75, 3.05) is 11.1 Å². The Kier molecular flexibility index (Phi) is 6.78. The molecule has 0 aromatic heterocycles. The molecule has 11 heteroatoms. The molecule has 0 saturated carbocycles. The van der Waals surface area contributed by atoms with Gasteiger partial charge in [-0.15, -0.1) is 0 Å². The summed E-state index contributed by atoms with van der Waals surface area (Å²) in [6.45, 7) is 2.66. The maximum atomic E-state index is 13.3. The fourth-order valence-electron chi connectivity index (χ4n) is 2.65. The van der Waals surface area contributed by atoms with E-state index < -0.39 is 61.2 Å². The van der Waals surface area contributed by atoms with Crippen LogP contribution in [0.4, 0.5) is 23.2 Å². The second-order valence-corrected chi connectivity index (χ2v) is 9.60. The van der Waals surface area contributed by atoms with Crippen LogP contribution in [0, 0.1) is 17.1 Å². The van der Waals surface area contributed by atoms with Crippen LogP contribution in [-0.2, 0) is 26.4 Å². The number of sulfone groups is 1. The number of alkyl halides is 3. The number of carbonyl (C=O) groups is 1. The first kappa shape index (κ1) is 24.3. The highest BCUT2D eigenvalue weighted by Gasteiger charge is 2.43. The fraction of sp³-hybridized carbons (Fsp3) is 0.300. The zero-order chi connectivity index (χ0) is 23.6. The van der Waals surface area contributed by atoms with Gasteiger partial charge in [0.1, 0.15) is 5.82 Å². The lowest BCUT2D eigenvalue weighted by molar-refractivity contribution is -0.138. The van der Waals surface area contributed by atoms with E-state index in [0.29, 0.717) is 6.07 Å². The molecule has 0 spiro atoms. The second kappa shape index (κ2) is 8.64. The summed E-state index contributed by atoms with van der Waals surface area (Å²) in [6.07, 6.45) is -4.89. The van der Waals surface area contributed by atoms with Gasteiger partial charge in [0.25, 0.3) is 5.91 Å². The van der Waals surface area contributed by atoms with Crippen LogP contribution in [0.5, 0.6) is 0 Å². The number of anilines is 1. The van der Waals surface area contributed by atoms with Gasteiger partial charge >= 0.3 is 6.18 Å². The highest BCUT2D eigenvalue weighted by molar-refractivity contribution is 7.92. The van der Waals surface area contributed by atoms with Crippen LogP contribution < -0.4 is 5.32 Å². The van der Waals surface area contributed by atoms with Gasteiger partial charge in [0, 0.05) is 5.69 Å². The molecule has 0 saturated heterocycles. The van der Waals surface area contributed by atoms with Crippen molar-refractivity contribution >= 4 is 21.4 Å². The molecule has 0 aliphatic rings. The van der Waals surface area contributed by atoms with E-state index in [1.54, 1.807) is 0 Å². The van der Waals surface area contributed by atoms with Crippen molar-refractivity contribution < 1.29 is 35.9 Å². The molecule has 0 aliphatic carbocycles. The molecule has 0 bridgehead atoms. The maximum Gasteiger partial charge on any atom is 0.417 e. The van der Waals surface area contributed by atoms with Crippen LogP contribution in [0.2, 0.25) is 0 Å². The van der Waals surface area contributed by atoms with E-state index in [-0.39, 0.29) is 5.56 Å². The summed E-state index contributed by atoms with van der Waals surface area (Å²) >= 11 is 0. The molecule has 1 unspecified atom stereocenters. The Labute approximate surface area is 176 Å². The van der Waals surface area contributed by atoms with Crippen molar-refractivity contribution in [2.45, 2.75) is 30.9 Å². The average molecular weight is 458 g/mol. The van der Waals surface area contributed by atoms with Gasteiger partial charge in [0.2, 0.25) is 0 Å². The summed E-state index contributed by atoms with van der Waals surface area (Å²) in [6, 6.07) is 7.54. The molecule has 2 rings (SSSR count). The number of halogens is 4. The van der Waals surface area contributed by atoms with Gasteiger partial charge in [-0.25, -0.2) is 12.8 Å². The molecule has 2 aromatic carbocycles. The molecular formula is C20H18F4N2O4S. The van der Waals surface area contributed by atoms with Gasteiger partial charge in [-0.1, -0.05) is 12.1 Å². The number of nitrogens with zero attached hydrogens (tertiary/aromatic N) is 1. The highest BCUT2D eigenvalue weighted by Crippen LogP contribution is 2.34. The lowest BCUT2D eigenvalue weighted by atomic mass is 9.94. The summed E-state index contributed by atoms with van der Waals surface area (Å²) in [4.78, 5) is 12.9. The Bertz CT molecular complexity index is 1120. The Morgan fingerprint density at radius 1 is 1.16 bits per heavy atom. The van der Waals surface area contributed by atoms with Gasteiger partial charge in [-0.2, -0.15) is 18.4 Å². The Morgan fingerprint density at radius 3 is 2.23 bits per heavy atom. The van der Waals surface area contributed by atoms with Crippen molar-refractivity contribution in [3.63, 3.8) is 0 Å². The van der Waals surface area contributed by atoms with E-state index in [4.69, 9.17) is 5.26 Å². The Morgan fingerprint density at radius 2 is 1.74 bits per heavy atom. The third-order valence-electron chi connectivity index (χ3n) is 4.53. The number of nitrogens with one attached hydrogen (secondary N) is 1. The first-order valence-electron chi connectivity index (χ1n) is 8.83. The molecule has 0 fully saturated rings. The van der Waals surface area contributed by atoms with Crippen molar-refractivity contribution in [3.8, 4) is 6.07 Å². The number of hydrogen-bond acceptors (Lipinski definition) is 5. The number of carbonyl (C=O) groups excluding carboxylic acids is 1. The molecule has 0 radical (unpaired) electrons. The van der Waals surface area contributed by atoms with Crippen LogP contribution in [0.1, 0.15) is 30.5 Å². The van der Waals surface area contributed by atoms with Gasteiger partial charge < -0.3 is 10.4 Å². The predicted octanol–water partition coefficient (Wildman–Crippen LogP) is 3.37. The zero-order valence-electron chi connectivity index (χ0n) is 16.4. The molecule has 31 heavy (non-hydrogen) atoms. The van der Waals surface area contributed by atoms with Crippen LogP contribution in [-0.4, -0.2) is 30.4 Å². The van der Waals surface area contributed by atoms with Crippen molar-refractivity contribution in [3.05, 3.63) is 65.0 Å². The number of hydrogen-bond donors (Lipinski definition) is 2. The number of nitriles is 1. The average Bonchev–Trinajstić information content (AvgIpc) is 2.67. The Hall–Kier alpha value is -2.97. The summed E-state index contributed by atoms with van der Waals surface area (Å²) in [5.74, 6) is -3.13. The largest absolute Gasteiger partial charge is 0.417 e. The summed E-state index contributed by atoms with van der Waals surface area (Å²) in [7, 11) is -4.02. The number of rotatable bonds is 6. The molecule has 1 atom stereocenters. The lowest BCUT2D eigenvalue weighted by Gasteiger charge is -2.28. The van der Waals surface area contributed by atoms with E-state index >= 15 is 0 Å². The normalized spacial score (nSPS) is 14.0. The smallest absolute Gasteiger partial charge is 0.374 e. The van der Waals surface area contributed by atoms with Crippen LogP contribution in [0.25, 0.3) is 0 Å². The number of benzene rings is 2. The predicted molar refractivity (Wildman–Crippen MR) is 104 cm³/mol. The van der Waals surface area contributed by atoms with Crippen LogP contribution in [0.3, 0.4) is 0 Å². The molecule has 1 amide bonds. The van der Waals surface area contributed by atoms with E-state index in [2.05, 4.69) is 5.32 Å². The van der Waals surface area contributed by atoms with E-state index in [1.807, 2.05) is 0 Å². The third kappa shape index (κ3) is 5.39. The van der Waals surface area contributed by atoms with Crippen molar-refractivity contribution in [1.82, 2.24) is 0 Å². The zero-order valence-corrected chi connectivity index (χ0v) is 17.2. The van der Waals surface area contributed by atoms with Gasteiger partial charge in [0.05, 0.1) is 28.2 Å². The molecule has 0 heterocycles. The van der Waals surface area contributed by atoms with Gasteiger partial charge in [-0.05, 0) is 49.7 Å². The maximum absolute atomic E-state index is 13.3. The summed E-state index contributed by atoms with van der Waals surface area (Å²) in [5.41, 5.74) is -5.39. The molecular weight excluding hydrogens is 440 g/mol. The first-order chi connectivity index (χ1) is 14.2. The number of aliphatic hydroxyl groups is 1. The van der Waals surface area contributed by atoms with Crippen LogP contribution in [0.15, 0.2) is 42.5 Å². The monoisotopic (exact) mass is 458 g/mol. The summed E-state index contributed by atoms with van der Waals surface area (Å²) < 4.78 is 77.6. The van der Waals surface area contributed by atoms with Crippen molar-refractivity contribution in [1.29, 1.82) is 5.26 Å². The molecule has 6 nitrogen and oxygen atoms in total. The minimum Gasteiger partial charge on any atom is -0.374 e. The molecule has 0 aliphatic heterocycles. The molecule has 2 aromatic rings. The SMILES string of the molecule is CC(C)S(=O)(=O)CC(O)(C(=O)Nc1ccc(C#N)c(C(F)(F)F)c1)c1ccc(F)cc1. The minimum absolute atomic E-state index is 0.264. The van der Waals surface area contributed by atoms with Gasteiger partial charge in [0.15, 0.2) is 15.4 Å². The van der Waals surface area contributed by atoms with E-state index in [0.717, 1.165) is 36.4 Å². The topological polar surface area (TPSA) is 107 Å². The fourth-order valence-corrected chi connectivity index (χ4v) is 3.87. The quantitative estimate of drug-likeness (QED) is 0.646. The van der Waals surface area contributed by atoms with Gasteiger partial charge in [-0.3, -0.25) is 4.79 Å². The molecule has 2 N–H and O–H groups in total. The standard InChI is InChI=1S/C20H18F4N2O4S/c1-12(2)31(29,30)11-19(28,14-4-6-15(21)7-5-14)18(27)26-16-8-3-13(10-25)17(9-16)20(22,23)24/h3-9,12,28H,11H2,1-2H3,(H,26,27).